The minimum atomic E-state index is -0.0943. The van der Waals surface area contributed by atoms with E-state index in [1.807, 2.05) is 59.3 Å². The fraction of sp³-hybridized carbons (Fsp3) is 0.250. The molecule has 0 saturated carbocycles. The lowest BCUT2D eigenvalue weighted by Crippen LogP contribution is -2.19. The van der Waals surface area contributed by atoms with E-state index in [1.54, 1.807) is 11.8 Å². The predicted octanol–water partition coefficient (Wildman–Crippen LogP) is 4.85. The second kappa shape index (κ2) is 8.35. The lowest BCUT2D eigenvalue weighted by molar-refractivity contribution is 0.571. The van der Waals surface area contributed by atoms with Crippen molar-refractivity contribution >= 4 is 29.0 Å². The molecule has 7 nitrogen and oxygen atoms in total. The number of pyridine rings is 1. The van der Waals surface area contributed by atoms with Gasteiger partial charge in [-0.25, -0.2) is 9.97 Å². The highest BCUT2D eigenvalue weighted by atomic mass is 35.5. The van der Waals surface area contributed by atoms with E-state index in [9.17, 15) is 4.79 Å². The average Bonchev–Trinajstić information content (AvgIpc) is 3.28. The van der Waals surface area contributed by atoms with Gasteiger partial charge in [0.25, 0.3) is 5.56 Å². The van der Waals surface area contributed by atoms with Crippen LogP contribution in [0.3, 0.4) is 0 Å². The zero-order chi connectivity index (χ0) is 22.4. The number of hydrogen-bond acceptors (Lipinski definition) is 5. The third-order valence-corrected chi connectivity index (χ3v) is 7.22. The van der Waals surface area contributed by atoms with Crippen LogP contribution in [0.1, 0.15) is 30.7 Å². The summed E-state index contributed by atoms with van der Waals surface area (Å²) in [7, 11) is 0. The summed E-state index contributed by atoms with van der Waals surface area (Å²) < 4.78 is 5.64. The molecule has 0 atom stereocenters. The summed E-state index contributed by atoms with van der Waals surface area (Å²) in [6.45, 7) is 0.858. The maximum absolute atomic E-state index is 13.3. The molecule has 0 saturated heterocycles. The molecule has 1 aromatic carbocycles. The average molecular weight is 477 g/mol. The molecule has 0 radical (unpaired) electrons. The summed E-state index contributed by atoms with van der Waals surface area (Å²) in [6, 6.07) is 13.3. The Morgan fingerprint density at radius 3 is 2.76 bits per heavy atom. The van der Waals surface area contributed by atoms with Crippen LogP contribution in [0.25, 0.3) is 22.7 Å². The van der Waals surface area contributed by atoms with E-state index >= 15 is 0 Å². The van der Waals surface area contributed by atoms with Gasteiger partial charge in [-0.3, -0.25) is 4.79 Å². The van der Waals surface area contributed by atoms with Crippen molar-refractivity contribution in [3.8, 4) is 17.1 Å². The van der Waals surface area contributed by atoms with E-state index in [1.165, 1.54) is 4.68 Å². The highest BCUT2D eigenvalue weighted by Gasteiger charge is 2.27. The number of aromatic nitrogens is 6. The molecule has 0 amide bonds. The van der Waals surface area contributed by atoms with E-state index in [2.05, 4.69) is 9.67 Å². The highest BCUT2D eigenvalue weighted by molar-refractivity contribution is 7.98. The molecule has 6 rings (SSSR count). The van der Waals surface area contributed by atoms with Crippen LogP contribution in [-0.2, 0) is 18.7 Å². The number of fused-ring (bicyclic) bond motifs is 4. The fourth-order valence-corrected chi connectivity index (χ4v) is 5.53. The first kappa shape index (κ1) is 20.5. The first-order chi connectivity index (χ1) is 16.2. The second-order valence-electron chi connectivity index (χ2n) is 8.19. The van der Waals surface area contributed by atoms with Gasteiger partial charge in [0.2, 0.25) is 0 Å². The van der Waals surface area contributed by atoms with Gasteiger partial charge in [-0.2, -0.15) is 4.68 Å². The minimum Gasteiger partial charge on any atom is -0.324 e. The van der Waals surface area contributed by atoms with Gasteiger partial charge in [0, 0.05) is 30.4 Å². The number of thioether (sulfide) groups is 1. The molecule has 3 aliphatic rings. The standard InChI is InChI=1S/C24H21ClN6OS/c25-16-10-11-20-26-17(14-29(20)13-16)15-33-24-27-22-21(19-9-5-2-6-12-30(19)24)23(32)31(28-22)18-7-3-1-4-8-18/h1,3-4,7-8,10-11,13-14H,2,5-6,9,12,15H2. The zero-order valence-electron chi connectivity index (χ0n) is 17.8. The lowest BCUT2D eigenvalue weighted by Gasteiger charge is -2.17. The molecular weight excluding hydrogens is 456 g/mol. The van der Waals surface area contributed by atoms with Crippen molar-refractivity contribution in [1.29, 1.82) is 0 Å². The summed E-state index contributed by atoms with van der Waals surface area (Å²) in [6.07, 6.45) is 7.99. The summed E-state index contributed by atoms with van der Waals surface area (Å²) in [4.78, 5) is 22.9. The number of para-hydroxylation sites is 1. The van der Waals surface area contributed by atoms with Crippen LogP contribution >= 0.6 is 23.4 Å². The maximum atomic E-state index is 13.3. The summed E-state index contributed by atoms with van der Waals surface area (Å²) >= 11 is 7.74. The normalized spacial score (nSPS) is 14.0. The Labute approximate surface area is 199 Å². The minimum absolute atomic E-state index is 0.0943. The second-order valence-corrected chi connectivity index (χ2v) is 9.57. The molecule has 0 spiro atoms. The first-order valence-electron chi connectivity index (χ1n) is 11.0. The molecule has 166 valence electrons. The molecule has 0 bridgehead atoms. The van der Waals surface area contributed by atoms with Crippen molar-refractivity contribution in [2.45, 2.75) is 43.1 Å². The van der Waals surface area contributed by atoms with Crippen LogP contribution in [0.4, 0.5) is 0 Å². The Morgan fingerprint density at radius 1 is 1.00 bits per heavy atom. The Balaban J connectivity index is 1.42. The van der Waals surface area contributed by atoms with Gasteiger partial charge in [-0.05, 0) is 43.5 Å². The molecule has 5 heterocycles. The molecule has 9 heteroatoms. The van der Waals surface area contributed by atoms with Crippen LogP contribution in [0.2, 0.25) is 5.02 Å². The number of imidazole rings is 1. The van der Waals surface area contributed by atoms with Crippen molar-refractivity contribution in [2.24, 2.45) is 0 Å². The SMILES string of the molecule is O=c1c2c3n(c(SCc4cn5cc(Cl)ccc5n4)nc-2nn1-c1ccccc1)CCCCC3. The number of halogens is 1. The predicted molar refractivity (Wildman–Crippen MR) is 130 cm³/mol. The Bertz CT molecular complexity index is 1490. The van der Waals surface area contributed by atoms with Crippen LogP contribution in [0, 0.1) is 0 Å². The van der Waals surface area contributed by atoms with Crippen molar-refractivity contribution in [2.75, 3.05) is 0 Å². The molecule has 33 heavy (non-hydrogen) atoms. The summed E-state index contributed by atoms with van der Waals surface area (Å²) in [5.41, 5.74) is 4.17. The van der Waals surface area contributed by atoms with Crippen LogP contribution < -0.4 is 5.56 Å². The van der Waals surface area contributed by atoms with Gasteiger partial charge < -0.3 is 8.97 Å². The van der Waals surface area contributed by atoms with Crippen molar-refractivity contribution < 1.29 is 0 Å². The Hall–Kier alpha value is -3.10. The number of hydrogen-bond donors (Lipinski definition) is 0. The van der Waals surface area contributed by atoms with Crippen molar-refractivity contribution in [3.05, 3.63) is 81.6 Å². The Kier molecular flexibility index (Phi) is 5.19. The third kappa shape index (κ3) is 3.73. The molecular formula is C24H21ClN6OS. The molecule has 0 N–H and O–H groups in total. The van der Waals surface area contributed by atoms with E-state index in [-0.39, 0.29) is 5.56 Å². The topological polar surface area (TPSA) is 70.0 Å². The van der Waals surface area contributed by atoms with Gasteiger partial charge in [0.05, 0.1) is 16.4 Å². The Morgan fingerprint density at radius 2 is 1.88 bits per heavy atom. The van der Waals surface area contributed by atoms with E-state index in [0.29, 0.717) is 22.2 Å². The summed E-state index contributed by atoms with van der Waals surface area (Å²) in [5, 5.41) is 6.17. The maximum Gasteiger partial charge on any atom is 0.284 e. The van der Waals surface area contributed by atoms with Crippen LogP contribution in [0.5, 0.6) is 0 Å². The van der Waals surface area contributed by atoms with Gasteiger partial charge in [0.15, 0.2) is 11.0 Å². The monoisotopic (exact) mass is 476 g/mol. The van der Waals surface area contributed by atoms with Crippen LogP contribution in [0.15, 0.2) is 64.8 Å². The van der Waals surface area contributed by atoms with Gasteiger partial charge in [-0.15, -0.1) is 5.10 Å². The highest BCUT2D eigenvalue weighted by Crippen LogP contribution is 2.31. The molecule has 2 aromatic heterocycles. The van der Waals surface area contributed by atoms with E-state index in [0.717, 1.165) is 60.1 Å². The number of rotatable bonds is 4. The first-order valence-corrected chi connectivity index (χ1v) is 12.4. The quantitative estimate of drug-likeness (QED) is 0.274. The van der Waals surface area contributed by atoms with Crippen molar-refractivity contribution in [1.82, 2.24) is 28.7 Å². The van der Waals surface area contributed by atoms with Gasteiger partial charge >= 0.3 is 0 Å². The smallest absolute Gasteiger partial charge is 0.284 e. The number of nitrogens with zero attached hydrogens (tertiary/aromatic N) is 6. The fourth-order valence-electron chi connectivity index (χ4n) is 4.43. The molecule has 3 aromatic rings. The molecule has 0 fully saturated rings. The van der Waals surface area contributed by atoms with E-state index < -0.39 is 0 Å². The van der Waals surface area contributed by atoms with Crippen LogP contribution in [-0.4, -0.2) is 28.7 Å². The third-order valence-electron chi connectivity index (χ3n) is 5.98. The molecule has 0 unspecified atom stereocenters. The zero-order valence-corrected chi connectivity index (χ0v) is 19.4. The lowest BCUT2D eigenvalue weighted by atomic mass is 10.1. The van der Waals surface area contributed by atoms with Gasteiger partial charge in [0.1, 0.15) is 11.2 Å². The number of benzene rings is 1. The molecule has 0 aliphatic carbocycles. The van der Waals surface area contributed by atoms with E-state index in [4.69, 9.17) is 21.6 Å². The summed E-state index contributed by atoms with van der Waals surface area (Å²) in [5.74, 6) is 1.18. The van der Waals surface area contributed by atoms with Crippen molar-refractivity contribution in [3.63, 3.8) is 0 Å². The van der Waals surface area contributed by atoms with Gasteiger partial charge in [-0.1, -0.05) is 48.0 Å². The largest absolute Gasteiger partial charge is 0.324 e. The molecule has 3 aliphatic heterocycles.